The Morgan fingerprint density at radius 1 is 0.676 bits per heavy atom. The van der Waals surface area contributed by atoms with E-state index in [0.717, 1.165) is 27.8 Å². The van der Waals surface area contributed by atoms with Crippen LogP contribution in [0.1, 0.15) is 16.7 Å². The average Bonchev–Trinajstić information content (AvgIpc) is 3.26. The summed E-state index contributed by atoms with van der Waals surface area (Å²) < 4.78 is 4.59. The quantitative estimate of drug-likeness (QED) is 0.176. The molecule has 0 bridgehead atoms. The van der Waals surface area contributed by atoms with E-state index < -0.39 is 3.79 Å². The van der Waals surface area contributed by atoms with Crippen LogP contribution in [0.25, 0.3) is 45.8 Å². The van der Waals surface area contributed by atoms with Crippen molar-refractivity contribution in [2.24, 2.45) is 0 Å². The smallest absolute Gasteiger partial charge is 0.227 e. The molecule has 168 valence electrons. The Hall–Kier alpha value is -3.04. The minimum absolute atomic E-state index is 0.311. The van der Waals surface area contributed by atoms with Gasteiger partial charge < -0.3 is 4.42 Å². The van der Waals surface area contributed by atoms with Crippen LogP contribution in [-0.4, -0.2) is 8.78 Å². The number of nitrogens with zero attached hydrogens (tertiary/aromatic N) is 1. The normalized spacial score (nSPS) is 12.0. The van der Waals surface area contributed by atoms with Gasteiger partial charge >= 0.3 is 0 Å². The van der Waals surface area contributed by atoms with Crippen LogP contribution in [-0.2, 0) is 6.42 Å². The largest absolute Gasteiger partial charge is 0.436 e. The minimum Gasteiger partial charge on any atom is -0.436 e. The molecule has 0 unspecified atom stereocenters. The molecule has 2 nitrogen and oxygen atoms in total. The molecule has 1 aromatic heterocycles. The number of oxazole rings is 1. The van der Waals surface area contributed by atoms with Gasteiger partial charge in [0, 0.05) is 12.0 Å². The Labute approximate surface area is 213 Å². The van der Waals surface area contributed by atoms with Crippen molar-refractivity contribution in [1.82, 2.24) is 4.98 Å². The number of fused-ring (bicyclic) bond motifs is 1. The van der Waals surface area contributed by atoms with Gasteiger partial charge in [-0.3, -0.25) is 0 Å². The number of hydrogen-bond acceptors (Lipinski definition) is 2. The third-order valence-corrected chi connectivity index (χ3v) is 5.90. The molecule has 0 amide bonds. The molecular formula is C29H20Cl3NO. The monoisotopic (exact) mass is 503 g/mol. The lowest BCUT2D eigenvalue weighted by molar-refractivity contribution is 0.620. The van der Waals surface area contributed by atoms with Crippen molar-refractivity contribution < 1.29 is 4.42 Å². The first-order chi connectivity index (χ1) is 16.4. The van der Waals surface area contributed by atoms with Gasteiger partial charge in [0.2, 0.25) is 5.89 Å². The maximum Gasteiger partial charge on any atom is 0.227 e. The first kappa shape index (κ1) is 22.7. The Morgan fingerprint density at radius 3 is 1.88 bits per heavy atom. The molecule has 0 saturated carbocycles. The Kier molecular flexibility index (Phi) is 6.47. The van der Waals surface area contributed by atoms with Crippen molar-refractivity contribution in [2.75, 3.05) is 0 Å². The zero-order chi connectivity index (χ0) is 23.5. The molecule has 5 rings (SSSR count). The fraction of sp³-hybridized carbons (Fsp3) is 0.0690. The number of benzene rings is 4. The maximum atomic E-state index is 5.93. The van der Waals surface area contributed by atoms with Crippen molar-refractivity contribution in [2.45, 2.75) is 10.2 Å². The van der Waals surface area contributed by atoms with Gasteiger partial charge in [0.15, 0.2) is 9.38 Å². The summed E-state index contributed by atoms with van der Waals surface area (Å²) in [5.41, 5.74) is 7.91. The molecule has 0 spiro atoms. The van der Waals surface area contributed by atoms with E-state index in [1.54, 1.807) is 0 Å². The standard InChI is InChI=1S/C29H20Cl3NO/c30-29(31,32)19-22-12-17-27-26(18-22)33-28(34-27)25-15-10-21(11-16-25)7-6-20-8-13-24(14-9-20)23-4-2-1-3-5-23/h1-18H,19H2. The first-order valence-corrected chi connectivity index (χ1v) is 12.0. The molecule has 34 heavy (non-hydrogen) atoms. The second-order valence-corrected chi connectivity index (χ2v) is 10.6. The van der Waals surface area contributed by atoms with Crippen LogP contribution in [0.4, 0.5) is 0 Å². The van der Waals surface area contributed by atoms with Gasteiger partial charge in [0.25, 0.3) is 0 Å². The highest BCUT2D eigenvalue weighted by Crippen LogP contribution is 2.32. The SMILES string of the molecule is ClC(Cl)(Cl)Cc1ccc2oc(-c3ccc(C=Cc4ccc(-c5ccccc5)cc4)cc3)nc2c1. The van der Waals surface area contributed by atoms with Gasteiger partial charge in [0.05, 0.1) is 0 Å². The summed E-state index contributed by atoms with van der Waals surface area (Å²) in [5, 5.41) is 0. The van der Waals surface area contributed by atoms with E-state index >= 15 is 0 Å². The van der Waals surface area contributed by atoms with E-state index in [1.807, 2.05) is 48.5 Å². The molecule has 0 N–H and O–H groups in total. The first-order valence-electron chi connectivity index (χ1n) is 10.8. The zero-order valence-corrected chi connectivity index (χ0v) is 20.4. The summed E-state index contributed by atoms with van der Waals surface area (Å²) in [6.07, 6.45) is 4.51. The van der Waals surface area contributed by atoms with Gasteiger partial charge in [0.1, 0.15) is 5.52 Å². The van der Waals surface area contributed by atoms with Crippen molar-refractivity contribution in [3.63, 3.8) is 0 Å². The second kappa shape index (κ2) is 9.68. The van der Waals surface area contributed by atoms with E-state index in [-0.39, 0.29) is 0 Å². The molecule has 0 aliphatic heterocycles. The third-order valence-electron chi connectivity index (χ3n) is 5.50. The van der Waals surface area contributed by atoms with E-state index in [4.69, 9.17) is 39.2 Å². The number of hydrogen-bond donors (Lipinski definition) is 0. The molecule has 0 aliphatic rings. The van der Waals surface area contributed by atoms with Crippen LogP contribution < -0.4 is 0 Å². The highest BCUT2D eigenvalue weighted by Gasteiger charge is 2.20. The minimum atomic E-state index is -1.34. The van der Waals surface area contributed by atoms with E-state index in [9.17, 15) is 0 Å². The van der Waals surface area contributed by atoms with E-state index in [1.165, 1.54) is 11.1 Å². The van der Waals surface area contributed by atoms with Crippen molar-refractivity contribution >= 4 is 58.1 Å². The lowest BCUT2D eigenvalue weighted by Crippen LogP contribution is -2.06. The van der Waals surface area contributed by atoms with Crippen LogP contribution in [0.15, 0.2) is 101 Å². The van der Waals surface area contributed by atoms with Gasteiger partial charge in [-0.1, -0.05) is 120 Å². The predicted octanol–water partition coefficient (Wildman–Crippen LogP) is 9.24. The van der Waals surface area contributed by atoms with Gasteiger partial charge in [-0.25, -0.2) is 4.98 Å². The highest BCUT2D eigenvalue weighted by molar-refractivity contribution is 6.67. The van der Waals surface area contributed by atoms with Gasteiger partial charge in [-0.15, -0.1) is 0 Å². The fourth-order valence-corrected chi connectivity index (χ4v) is 4.25. The van der Waals surface area contributed by atoms with Crippen LogP contribution in [0.2, 0.25) is 0 Å². The summed E-state index contributed by atoms with van der Waals surface area (Å²) in [4.78, 5) is 4.62. The lowest BCUT2D eigenvalue weighted by Gasteiger charge is -2.09. The number of aromatic nitrogens is 1. The summed E-state index contributed by atoms with van der Waals surface area (Å²) >= 11 is 17.7. The predicted molar refractivity (Wildman–Crippen MR) is 144 cm³/mol. The number of alkyl halides is 3. The third kappa shape index (κ3) is 5.53. The highest BCUT2D eigenvalue weighted by atomic mass is 35.6. The molecule has 4 aromatic carbocycles. The van der Waals surface area contributed by atoms with Crippen molar-refractivity contribution in [3.05, 3.63) is 114 Å². The molecule has 0 atom stereocenters. The molecule has 5 heteroatoms. The Bertz CT molecular complexity index is 1430. The number of halogens is 3. The van der Waals surface area contributed by atoms with Crippen LogP contribution >= 0.6 is 34.8 Å². The molecule has 5 aromatic rings. The molecule has 1 heterocycles. The summed E-state index contributed by atoms with van der Waals surface area (Å²) in [6, 6.07) is 32.7. The van der Waals surface area contributed by atoms with Gasteiger partial charge in [-0.05, 0) is 52.1 Å². The molecule has 0 saturated heterocycles. The van der Waals surface area contributed by atoms with E-state index in [2.05, 4.69) is 65.7 Å². The fourth-order valence-electron chi connectivity index (χ4n) is 3.78. The van der Waals surface area contributed by atoms with Crippen LogP contribution in [0, 0.1) is 0 Å². The average molecular weight is 505 g/mol. The maximum absolute atomic E-state index is 5.93. The Balaban J connectivity index is 1.30. The lowest BCUT2D eigenvalue weighted by atomic mass is 10.0. The molecule has 0 aliphatic carbocycles. The van der Waals surface area contributed by atoms with Crippen molar-refractivity contribution in [3.8, 4) is 22.6 Å². The van der Waals surface area contributed by atoms with E-state index in [0.29, 0.717) is 17.9 Å². The van der Waals surface area contributed by atoms with Crippen LogP contribution in [0.3, 0.4) is 0 Å². The van der Waals surface area contributed by atoms with Gasteiger partial charge in [-0.2, -0.15) is 0 Å². The summed E-state index contributed by atoms with van der Waals surface area (Å²) in [6.45, 7) is 0. The topological polar surface area (TPSA) is 26.0 Å². The molecule has 0 fully saturated rings. The summed E-state index contributed by atoms with van der Waals surface area (Å²) in [7, 11) is 0. The second-order valence-electron chi connectivity index (χ2n) is 8.06. The van der Waals surface area contributed by atoms with Crippen molar-refractivity contribution in [1.29, 1.82) is 0 Å². The molecular weight excluding hydrogens is 485 g/mol. The summed E-state index contributed by atoms with van der Waals surface area (Å²) in [5.74, 6) is 0.563. The molecule has 0 radical (unpaired) electrons. The van der Waals surface area contributed by atoms with Crippen LogP contribution in [0.5, 0.6) is 0 Å². The zero-order valence-electron chi connectivity index (χ0n) is 18.1. The number of rotatable bonds is 5. The Morgan fingerprint density at radius 2 is 1.26 bits per heavy atom.